The van der Waals surface area contributed by atoms with Gasteiger partial charge in [-0.25, -0.2) is 0 Å². The van der Waals surface area contributed by atoms with E-state index < -0.39 is 11.8 Å². The van der Waals surface area contributed by atoms with Crippen molar-refractivity contribution in [1.29, 1.82) is 0 Å². The van der Waals surface area contributed by atoms with E-state index in [2.05, 4.69) is 15.4 Å². The standard InChI is InChI=1S/C14H17F3N2O3/c1-21-9-13(6-7-18-8-13)12(20)19-10-2-4-11(5-3-10)22-14(15,16)17/h2-5,18H,6-9H2,1H3,(H,19,20). The zero-order valence-electron chi connectivity index (χ0n) is 12.0. The van der Waals surface area contributed by atoms with Crippen LogP contribution in [0, 0.1) is 5.41 Å². The van der Waals surface area contributed by atoms with Crippen molar-refractivity contribution in [3.63, 3.8) is 0 Å². The van der Waals surface area contributed by atoms with Crippen molar-refractivity contribution < 1.29 is 27.4 Å². The fourth-order valence-electron chi connectivity index (χ4n) is 2.41. The van der Waals surface area contributed by atoms with Crippen LogP contribution in [0.2, 0.25) is 0 Å². The molecule has 1 unspecified atom stereocenters. The van der Waals surface area contributed by atoms with Crippen molar-refractivity contribution in [2.45, 2.75) is 12.8 Å². The van der Waals surface area contributed by atoms with Crippen LogP contribution in [-0.4, -0.2) is 39.1 Å². The van der Waals surface area contributed by atoms with Crippen LogP contribution in [0.5, 0.6) is 5.75 Å². The summed E-state index contributed by atoms with van der Waals surface area (Å²) in [5, 5.41) is 5.82. The van der Waals surface area contributed by atoms with E-state index in [1.165, 1.54) is 19.2 Å². The van der Waals surface area contributed by atoms with Gasteiger partial charge in [0.25, 0.3) is 0 Å². The number of alkyl halides is 3. The monoisotopic (exact) mass is 318 g/mol. The van der Waals surface area contributed by atoms with Gasteiger partial charge in [-0.1, -0.05) is 0 Å². The summed E-state index contributed by atoms with van der Waals surface area (Å²) in [5.74, 6) is -0.552. The highest BCUT2D eigenvalue weighted by atomic mass is 19.4. The van der Waals surface area contributed by atoms with Crippen molar-refractivity contribution in [3.8, 4) is 5.75 Å². The van der Waals surface area contributed by atoms with E-state index in [4.69, 9.17) is 4.74 Å². The zero-order valence-corrected chi connectivity index (χ0v) is 12.0. The Bertz CT molecular complexity index is 511. The largest absolute Gasteiger partial charge is 0.573 e. The van der Waals surface area contributed by atoms with Gasteiger partial charge in [-0.05, 0) is 37.2 Å². The molecule has 1 atom stereocenters. The maximum atomic E-state index is 12.4. The summed E-state index contributed by atoms with van der Waals surface area (Å²) in [5.41, 5.74) is -0.252. The van der Waals surface area contributed by atoms with Gasteiger partial charge in [0.2, 0.25) is 5.91 Å². The minimum absolute atomic E-state index is 0.219. The van der Waals surface area contributed by atoms with E-state index in [0.717, 1.165) is 18.7 Å². The van der Waals surface area contributed by atoms with Gasteiger partial charge in [0.05, 0.1) is 12.0 Å². The first-order valence-electron chi connectivity index (χ1n) is 6.72. The molecule has 2 N–H and O–H groups in total. The fourth-order valence-corrected chi connectivity index (χ4v) is 2.41. The van der Waals surface area contributed by atoms with Crippen LogP contribution in [0.3, 0.4) is 0 Å². The zero-order chi connectivity index (χ0) is 16.2. The summed E-state index contributed by atoms with van der Waals surface area (Å²) < 4.78 is 45.1. The smallest absolute Gasteiger partial charge is 0.406 e. The number of benzene rings is 1. The summed E-state index contributed by atoms with van der Waals surface area (Å²) in [6.07, 6.45) is -4.09. The predicted molar refractivity (Wildman–Crippen MR) is 73.6 cm³/mol. The molecule has 2 rings (SSSR count). The van der Waals surface area contributed by atoms with Crippen LogP contribution < -0.4 is 15.4 Å². The Hall–Kier alpha value is -1.80. The molecule has 1 amide bonds. The molecule has 1 aliphatic heterocycles. The third-order valence-electron chi connectivity index (χ3n) is 3.49. The molecule has 0 saturated carbocycles. The second kappa shape index (κ2) is 6.53. The number of hydrogen-bond donors (Lipinski definition) is 2. The lowest BCUT2D eigenvalue weighted by Gasteiger charge is -2.26. The van der Waals surface area contributed by atoms with E-state index in [-0.39, 0.29) is 18.3 Å². The molecule has 0 spiro atoms. The molecule has 1 aromatic carbocycles. The normalized spacial score (nSPS) is 21.6. The second-order valence-electron chi connectivity index (χ2n) is 5.17. The van der Waals surface area contributed by atoms with Crippen LogP contribution in [0.25, 0.3) is 0 Å². The Morgan fingerprint density at radius 2 is 2.05 bits per heavy atom. The topological polar surface area (TPSA) is 59.6 Å². The highest BCUT2D eigenvalue weighted by molar-refractivity contribution is 5.96. The third kappa shape index (κ3) is 4.11. The first-order chi connectivity index (χ1) is 10.3. The average Bonchev–Trinajstić information content (AvgIpc) is 2.90. The number of carbonyl (C=O) groups is 1. The average molecular weight is 318 g/mol. The van der Waals surface area contributed by atoms with E-state index in [9.17, 15) is 18.0 Å². The van der Waals surface area contributed by atoms with Crippen molar-refractivity contribution in [1.82, 2.24) is 5.32 Å². The highest BCUT2D eigenvalue weighted by Gasteiger charge is 2.41. The molecule has 1 aliphatic rings. The van der Waals surface area contributed by atoms with Crippen LogP contribution >= 0.6 is 0 Å². The number of halogens is 3. The molecular weight excluding hydrogens is 301 g/mol. The number of ether oxygens (including phenoxy) is 2. The Kier molecular flexibility index (Phi) is 4.92. The van der Waals surface area contributed by atoms with Gasteiger partial charge in [-0.3, -0.25) is 4.79 Å². The van der Waals surface area contributed by atoms with Crippen molar-refractivity contribution in [3.05, 3.63) is 24.3 Å². The van der Waals surface area contributed by atoms with Gasteiger partial charge >= 0.3 is 6.36 Å². The van der Waals surface area contributed by atoms with E-state index in [1.54, 1.807) is 0 Å². The second-order valence-corrected chi connectivity index (χ2v) is 5.17. The maximum absolute atomic E-state index is 12.4. The molecule has 1 fully saturated rings. The van der Waals surface area contributed by atoms with Gasteiger partial charge in [0.15, 0.2) is 0 Å². The SMILES string of the molecule is COCC1(C(=O)Nc2ccc(OC(F)(F)F)cc2)CCNC1. The maximum Gasteiger partial charge on any atom is 0.573 e. The molecular formula is C14H17F3N2O3. The highest BCUT2D eigenvalue weighted by Crippen LogP contribution is 2.29. The molecule has 0 bridgehead atoms. The van der Waals surface area contributed by atoms with Crippen LogP contribution in [0.15, 0.2) is 24.3 Å². The first kappa shape index (κ1) is 16.6. The van der Waals surface area contributed by atoms with E-state index in [0.29, 0.717) is 18.7 Å². The van der Waals surface area contributed by atoms with Crippen LogP contribution in [-0.2, 0) is 9.53 Å². The molecule has 1 aromatic rings. The predicted octanol–water partition coefficient (Wildman–Crippen LogP) is 2.15. The number of rotatable bonds is 5. The van der Waals surface area contributed by atoms with Gasteiger partial charge in [0.1, 0.15) is 5.75 Å². The van der Waals surface area contributed by atoms with Crippen molar-refractivity contribution >= 4 is 11.6 Å². The van der Waals surface area contributed by atoms with E-state index in [1.807, 2.05) is 0 Å². The summed E-state index contributed by atoms with van der Waals surface area (Å²) in [4.78, 5) is 12.4. The van der Waals surface area contributed by atoms with Gasteiger partial charge in [0, 0.05) is 19.3 Å². The van der Waals surface area contributed by atoms with Crippen molar-refractivity contribution in [2.24, 2.45) is 5.41 Å². The van der Waals surface area contributed by atoms with Gasteiger partial charge in [-0.2, -0.15) is 0 Å². The lowest BCUT2D eigenvalue weighted by molar-refractivity contribution is -0.274. The Morgan fingerprint density at radius 1 is 1.36 bits per heavy atom. The molecule has 1 saturated heterocycles. The van der Waals surface area contributed by atoms with Gasteiger partial charge < -0.3 is 20.1 Å². The summed E-state index contributed by atoms with van der Waals surface area (Å²) >= 11 is 0. The number of anilines is 1. The van der Waals surface area contributed by atoms with Crippen LogP contribution in [0.1, 0.15) is 6.42 Å². The fraction of sp³-hybridized carbons (Fsp3) is 0.500. The molecule has 22 heavy (non-hydrogen) atoms. The van der Waals surface area contributed by atoms with E-state index >= 15 is 0 Å². The summed E-state index contributed by atoms with van der Waals surface area (Å²) in [7, 11) is 1.52. The summed E-state index contributed by atoms with van der Waals surface area (Å²) in [6.45, 7) is 1.50. The van der Waals surface area contributed by atoms with Crippen LogP contribution in [0.4, 0.5) is 18.9 Å². The lowest BCUT2D eigenvalue weighted by atomic mass is 9.87. The third-order valence-corrected chi connectivity index (χ3v) is 3.49. The summed E-state index contributed by atoms with van der Waals surface area (Å²) in [6, 6.07) is 5.03. The minimum atomic E-state index is -4.73. The van der Waals surface area contributed by atoms with Gasteiger partial charge in [-0.15, -0.1) is 13.2 Å². The molecule has 0 aliphatic carbocycles. The minimum Gasteiger partial charge on any atom is -0.406 e. The Morgan fingerprint density at radius 3 is 2.55 bits per heavy atom. The Labute approximate surface area is 125 Å². The number of nitrogens with one attached hydrogen (secondary N) is 2. The molecule has 5 nitrogen and oxygen atoms in total. The number of amides is 1. The number of methoxy groups -OCH3 is 1. The number of carbonyl (C=O) groups excluding carboxylic acids is 1. The molecule has 122 valence electrons. The Balaban J connectivity index is 2.02. The lowest BCUT2D eigenvalue weighted by Crippen LogP contribution is -2.41. The first-order valence-corrected chi connectivity index (χ1v) is 6.72. The molecule has 0 radical (unpaired) electrons. The number of hydrogen-bond acceptors (Lipinski definition) is 4. The molecule has 1 heterocycles. The molecule has 8 heteroatoms. The molecule has 0 aromatic heterocycles. The quantitative estimate of drug-likeness (QED) is 0.873. The van der Waals surface area contributed by atoms with Crippen molar-refractivity contribution in [2.75, 3.05) is 32.1 Å².